The van der Waals surface area contributed by atoms with E-state index in [2.05, 4.69) is 17.2 Å². The standard InChI is InChI=1S/C14H18N2O3/c1-3-9-15-10-13(17)16-12-8-6-5-7-11(12)14(18)19-4-2/h3,5-8,15H,1,4,9-10H2,2H3,(H,16,17). The topological polar surface area (TPSA) is 67.4 Å². The minimum atomic E-state index is -0.447. The fourth-order valence-electron chi connectivity index (χ4n) is 1.46. The molecule has 0 spiro atoms. The van der Waals surface area contributed by atoms with Crippen LogP contribution in [0.4, 0.5) is 5.69 Å². The number of nitrogens with one attached hydrogen (secondary N) is 2. The van der Waals surface area contributed by atoms with Crippen LogP contribution in [0.3, 0.4) is 0 Å². The van der Waals surface area contributed by atoms with Gasteiger partial charge in [0, 0.05) is 6.54 Å². The smallest absolute Gasteiger partial charge is 0.340 e. The van der Waals surface area contributed by atoms with Gasteiger partial charge in [0.1, 0.15) is 0 Å². The van der Waals surface area contributed by atoms with Crippen LogP contribution in [0, 0.1) is 0 Å². The number of ether oxygens (including phenoxy) is 1. The Morgan fingerprint density at radius 2 is 2.11 bits per heavy atom. The zero-order valence-electron chi connectivity index (χ0n) is 10.9. The molecule has 0 saturated heterocycles. The van der Waals surface area contributed by atoms with E-state index in [1.54, 1.807) is 37.3 Å². The number of esters is 1. The second-order valence-corrected chi connectivity index (χ2v) is 3.73. The van der Waals surface area contributed by atoms with E-state index in [1.807, 2.05) is 0 Å². The zero-order valence-corrected chi connectivity index (χ0v) is 10.9. The van der Waals surface area contributed by atoms with Crippen LogP contribution in [0.2, 0.25) is 0 Å². The van der Waals surface area contributed by atoms with Gasteiger partial charge in [0.2, 0.25) is 5.91 Å². The third kappa shape index (κ3) is 4.93. The predicted molar refractivity (Wildman–Crippen MR) is 74.1 cm³/mol. The minimum Gasteiger partial charge on any atom is -0.462 e. The molecule has 19 heavy (non-hydrogen) atoms. The van der Waals surface area contributed by atoms with Gasteiger partial charge in [-0.15, -0.1) is 6.58 Å². The third-order valence-corrected chi connectivity index (χ3v) is 2.27. The van der Waals surface area contributed by atoms with Crippen LogP contribution in [0.5, 0.6) is 0 Å². The van der Waals surface area contributed by atoms with Crippen LogP contribution >= 0.6 is 0 Å². The van der Waals surface area contributed by atoms with E-state index in [0.717, 1.165) is 0 Å². The fraction of sp³-hybridized carbons (Fsp3) is 0.286. The van der Waals surface area contributed by atoms with E-state index in [-0.39, 0.29) is 12.5 Å². The largest absolute Gasteiger partial charge is 0.462 e. The van der Waals surface area contributed by atoms with E-state index in [4.69, 9.17) is 4.74 Å². The first kappa shape index (κ1) is 14.9. The Kier molecular flexibility index (Phi) is 6.32. The Labute approximate surface area is 112 Å². The SMILES string of the molecule is C=CCNCC(=O)Nc1ccccc1C(=O)OCC. The molecule has 0 saturated carbocycles. The average molecular weight is 262 g/mol. The highest BCUT2D eigenvalue weighted by molar-refractivity contribution is 6.01. The van der Waals surface area contributed by atoms with Crippen molar-refractivity contribution in [2.45, 2.75) is 6.92 Å². The van der Waals surface area contributed by atoms with Crippen molar-refractivity contribution >= 4 is 17.6 Å². The maximum absolute atomic E-state index is 11.7. The molecule has 0 atom stereocenters. The number of anilines is 1. The lowest BCUT2D eigenvalue weighted by Gasteiger charge is -2.10. The third-order valence-electron chi connectivity index (χ3n) is 2.27. The van der Waals surface area contributed by atoms with Gasteiger partial charge >= 0.3 is 5.97 Å². The second-order valence-electron chi connectivity index (χ2n) is 3.73. The number of carbonyl (C=O) groups excluding carboxylic acids is 2. The van der Waals surface area contributed by atoms with Crippen molar-refractivity contribution in [3.8, 4) is 0 Å². The van der Waals surface area contributed by atoms with Crippen LogP contribution in [0.25, 0.3) is 0 Å². The molecule has 2 N–H and O–H groups in total. The molecule has 1 rings (SSSR count). The van der Waals surface area contributed by atoms with Crippen molar-refractivity contribution < 1.29 is 14.3 Å². The summed E-state index contributed by atoms with van der Waals surface area (Å²) in [7, 11) is 0. The molecular weight excluding hydrogens is 244 g/mol. The molecule has 0 aliphatic carbocycles. The fourth-order valence-corrected chi connectivity index (χ4v) is 1.46. The Bertz CT molecular complexity index is 458. The predicted octanol–water partition coefficient (Wildman–Crippen LogP) is 1.58. The summed E-state index contributed by atoms with van der Waals surface area (Å²) in [6, 6.07) is 6.75. The number of benzene rings is 1. The van der Waals surface area contributed by atoms with Crippen LogP contribution in [-0.2, 0) is 9.53 Å². The summed E-state index contributed by atoms with van der Waals surface area (Å²) >= 11 is 0. The molecule has 102 valence electrons. The van der Waals surface area contributed by atoms with Gasteiger partial charge in [-0.1, -0.05) is 18.2 Å². The summed E-state index contributed by atoms with van der Waals surface area (Å²) in [5, 5.41) is 5.55. The maximum Gasteiger partial charge on any atom is 0.340 e. The summed E-state index contributed by atoms with van der Waals surface area (Å²) in [6.45, 7) is 6.28. The molecule has 1 aromatic carbocycles. The van der Waals surface area contributed by atoms with Gasteiger partial charge in [0.05, 0.1) is 24.4 Å². The van der Waals surface area contributed by atoms with Gasteiger partial charge in [-0.25, -0.2) is 4.79 Å². The Hall–Kier alpha value is -2.14. The van der Waals surface area contributed by atoms with Crippen molar-refractivity contribution in [1.29, 1.82) is 0 Å². The van der Waals surface area contributed by atoms with Gasteiger partial charge < -0.3 is 15.4 Å². The Morgan fingerprint density at radius 3 is 2.79 bits per heavy atom. The average Bonchev–Trinajstić information content (AvgIpc) is 2.40. The highest BCUT2D eigenvalue weighted by Crippen LogP contribution is 2.15. The molecule has 0 heterocycles. The number of amides is 1. The van der Waals surface area contributed by atoms with Crippen LogP contribution in [-0.4, -0.2) is 31.6 Å². The van der Waals surface area contributed by atoms with Gasteiger partial charge in [-0.3, -0.25) is 4.79 Å². The Balaban J connectivity index is 2.69. The van der Waals surface area contributed by atoms with Crippen molar-refractivity contribution in [3.05, 3.63) is 42.5 Å². The first-order valence-electron chi connectivity index (χ1n) is 6.06. The molecule has 0 bridgehead atoms. The van der Waals surface area contributed by atoms with Crippen LogP contribution in [0.1, 0.15) is 17.3 Å². The number of hydrogen-bond donors (Lipinski definition) is 2. The van der Waals surface area contributed by atoms with Crippen LogP contribution in [0.15, 0.2) is 36.9 Å². The molecular formula is C14H18N2O3. The highest BCUT2D eigenvalue weighted by Gasteiger charge is 2.13. The van der Waals surface area contributed by atoms with E-state index < -0.39 is 5.97 Å². The molecule has 0 aliphatic rings. The molecule has 0 unspecified atom stereocenters. The summed E-state index contributed by atoms with van der Waals surface area (Å²) in [5.74, 6) is -0.670. The summed E-state index contributed by atoms with van der Waals surface area (Å²) in [6.07, 6.45) is 1.67. The van der Waals surface area contributed by atoms with Crippen LogP contribution < -0.4 is 10.6 Å². The van der Waals surface area contributed by atoms with Crippen molar-refractivity contribution in [2.24, 2.45) is 0 Å². The summed E-state index contributed by atoms with van der Waals surface area (Å²) in [4.78, 5) is 23.4. The quantitative estimate of drug-likeness (QED) is 0.445. The number of para-hydroxylation sites is 1. The lowest BCUT2D eigenvalue weighted by Crippen LogP contribution is -2.28. The lowest BCUT2D eigenvalue weighted by molar-refractivity contribution is -0.115. The highest BCUT2D eigenvalue weighted by atomic mass is 16.5. The normalized spacial score (nSPS) is 9.74. The minimum absolute atomic E-state index is 0.156. The number of carbonyl (C=O) groups is 2. The number of rotatable bonds is 7. The molecule has 1 amide bonds. The lowest BCUT2D eigenvalue weighted by atomic mass is 10.2. The van der Waals surface area contributed by atoms with Gasteiger partial charge in [0.25, 0.3) is 0 Å². The van der Waals surface area contributed by atoms with E-state index in [1.165, 1.54) is 0 Å². The van der Waals surface area contributed by atoms with Gasteiger partial charge in [-0.2, -0.15) is 0 Å². The molecule has 1 aromatic rings. The first-order valence-corrected chi connectivity index (χ1v) is 6.06. The number of hydrogen-bond acceptors (Lipinski definition) is 4. The first-order chi connectivity index (χ1) is 9.19. The molecule has 0 radical (unpaired) electrons. The van der Waals surface area contributed by atoms with E-state index in [9.17, 15) is 9.59 Å². The van der Waals surface area contributed by atoms with Crippen molar-refractivity contribution in [3.63, 3.8) is 0 Å². The monoisotopic (exact) mass is 262 g/mol. The maximum atomic E-state index is 11.7. The summed E-state index contributed by atoms with van der Waals surface area (Å²) in [5.41, 5.74) is 0.799. The molecule has 5 heteroatoms. The van der Waals surface area contributed by atoms with Crippen molar-refractivity contribution in [1.82, 2.24) is 5.32 Å². The van der Waals surface area contributed by atoms with E-state index >= 15 is 0 Å². The zero-order chi connectivity index (χ0) is 14.1. The van der Waals surface area contributed by atoms with Crippen molar-refractivity contribution in [2.75, 3.05) is 25.0 Å². The summed E-state index contributed by atoms with van der Waals surface area (Å²) < 4.78 is 4.93. The molecule has 0 aromatic heterocycles. The van der Waals surface area contributed by atoms with Gasteiger partial charge in [0.15, 0.2) is 0 Å². The Morgan fingerprint density at radius 1 is 1.37 bits per heavy atom. The molecule has 0 fully saturated rings. The second kappa shape index (κ2) is 8.05. The van der Waals surface area contributed by atoms with Gasteiger partial charge in [-0.05, 0) is 19.1 Å². The molecule has 0 aliphatic heterocycles. The molecule has 5 nitrogen and oxygen atoms in total. The van der Waals surface area contributed by atoms with E-state index in [0.29, 0.717) is 24.4 Å².